The highest BCUT2D eigenvalue weighted by atomic mass is 32.2. The largest absolute Gasteiger partial charge is 0.481 e. The van der Waals surface area contributed by atoms with Crippen LogP contribution in [0.4, 0.5) is 0 Å². The van der Waals surface area contributed by atoms with Gasteiger partial charge in [-0.15, -0.1) is 0 Å². The van der Waals surface area contributed by atoms with Crippen LogP contribution in [0.5, 0.6) is 0 Å². The predicted molar refractivity (Wildman–Crippen MR) is 75.0 cm³/mol. The summed E-state index contributed by atoms with van der Waals surface area (Å²) in [5.41, 5.74) is 1.73. The van der Waals surface area contributed by atoms with Crippen molar-refractivity contribution in [2.24, 2.45) is 5.92 Å². The molecule has 1 atom stereocenters. The Kier molecular flexibility index (Phi) is 4.15. The van der Waals surface area contributed by atoms with Gasteiger partial charge in [0.25, 0.3) is 0 Å². The first-order valence-corrected chi connectivity index (χ1v) is 8.08. The lowest BCUT2D eigenvalue weighted by molar-refractivity contribution is -0.137. The second kappa shape index (κ2) is 5.54. The van der Waals surface area contributed by atoms with E-state index < -0.39 is 22.0 Å². The summed E-state index contributed by atoms with van der Waals surface area (Å²) in [5.74, 6) is -0.836. The fourth-order valence-electron chi connectivity index (χ4n) is 2.35. The first-order valence-electron chi connectivity index (χ1n) is 6.60. The fraction of sp³-hybridized carbons (Fsp3) is 0.500. The third-order valence-electron chi connectivity index (χ3n) is 3.40. The van der Waals surface area contributed by atoms with Crippen LogP contribution in [0.15, 0.2) is 23.1 Å². The Labute approximate surface area is 119 Å². The first kappa shape index (κ1) is 15.0. The molecule has 5 nitrogen and oxygen atoms in total. The molecule has 1 unspecified atom stereocenters. The lowest BCUT2D eigenvalue weighted by Gasteiger charge is -2.17. The quantitative estimate of drug-likeness (QED) is 0.839. The van der Waals surface area contributed by atoms with Crippen molar-refractivity contribution in [2.45, 2.75) is 44.0 Å². The minimum atomic E-state index is -3.67. The molecule has 20 heavy (non-hydrogen) atoms. The van der Waals surface area contributed by atoms with Gasteiger partial charge in [0.05, 0.1) is 11.3 Å². The van der Waals surface area contributed by atoms with Crippen LogP contribution in [0.2, 0.25) is 0 Å². The van der Waals surface area contributed by atoms with E-state index in [1.165, 1.54) is 0 Å². The molecule has 0 amide bonds. The molecule has 0 spiro atoms. The molecular formula is C14H19NO4S. The minimum absolute atomic E-state index is 0.145. The van der Waals surface area contributed by atoms with Crippen LogP contribution >= 0.6 is 0 Å². The van der Waals surface area contributed by atoms with E-state index in [2.05, 4.69) is 4.72 Å². The third-order valence-corrected chi connectivity index (χ3v) is 4.87. The number of nitrogens with one attached hydrogen (secondary N) is 1. The zero-order valence-corrected chi connectivity index (χ0v) is 12.4. The Morgan fingerprint density at radius 2 is 1.85 bits per heavy atom. The highest BCUT2D eigenvalue weighted by Crippen LogP contribution is 2.34. The maximum atomic E-state index is 12.4. The van der Waals surface area contributed by atoms with Crippen LogP contribution in [0, 0.1) is 19.8 Å². The molecular weight excluding hydrogens is 278 g/mol. The van der Waals surface area contributed by atoms with Crippen LogP contribution in [0.3, 0.4) is 0 Å². The summed E-state index contributed by atoms with van der Waals surface area (Å²) < 4.78 is 27.3. The molecule has 1 saturated carbocycles. The van der Waals surface area contributed by atoms with E-state index in [0.717, 1.165) is 24.0 Å². The monoisotopic (exact) mass is 297 g/mol. The van der Waals surface area contributed by atoms with E-state index >= 15 is 0 Å². The summed E-state index contributed by atoms with van der Waals surface area (Å²) >= 11 is 0. The number of carboxylic acids is 1. The molecule has 1 aromatic carbocycles. The Bertz CT molecular complexity index is 600. The zero-order chi connectivity index (χ0) is 14.9. The number of hydrogen-bond donors (Lipinski definition) is 2. The number of benzene rings is 1. The fourth-order valence-corrected chi connectivity index (χ4v) is 3.84. The highest BCUT2D eigenvalue weighted by Gasteiger charge is 2.35. The van der Waals surface area contributed by atoms with Gasteiger partial charge in [-0.1, -0.05) is 6.07 Å². The van der Waals surface area contributed by atoms with Crippen molar-refractivity contribution in [3.63, 3.8) is 0 Å². The molecule has 110 valence electrons. The molecule has 0 saturated heterocycles. The van der Waals surface area contributed by atoms with E-state index in [1.807, 2.05) is 19.9 Å². The Morgan fingerprint density at radius 3 is 2.30 bits per heavy atom. The van der Waals surface area contributed by atoms with Gasteiger partial charge in [-0.3, -0.25) is 4.79 Å². The molecule has 1 aromatic rings. The van der Waals surface area contributed by atoms with Gasteiger partial charge in [-0.05, 0) is 55.9 Å². The second-order valence-corrected chi connectivity index (χ2v) is 7.20. The van der Waals surface area contributed by atoms with Gasteiger partial charge in [-0.25, -0.2) is 13.1 Å². The van der Waals surface area contributed by atoms with Gasteiger partial charge < -0.3 is 5.11 Å². The summed E-state index contributed by atoms with van der Waals surface area (Å²) in [6, 6.07) is 4.58. The van der Waals surface area contributed by atoms with Crippen LogP contribution in [-0.4, -0.2) is 25.5 Å². The summed E-state index contributed by atoms with van der Waals surface area (Å²) in [7, 11) is -3.67. The number of aryl methyl sites for hydroxylation is 2. The second-order valence-electron chi connectivity index (χ2n) is 5.49. The topological polar surface area (TPSA) is 83.5 Å². The number of sulfonamides is 1. The van der Waals surface area contributed by atoms with Crippen molar-refractivity contribution >= 4 is 16.0 Å². The summed E-state index contributed by atoms with van der Waals surface area (Å²) in [5, 5.41) is 8.88. The van der Waals surface area contributed by atoms with Gasteiger partial charge in [0.15, 0.2) is 0 Å². The van der Waals surface area contributed by atoms with Gasteiger partial charge in [0.1, 0.15) is 0 Å². The maximum absolute atomic E-state index is 12.4. The van der Waals surface area contributed by atoms with Gasteiger partial charge >= 0.3 is 5.97 Å². The zero-order valence-electron chi connectivity index (χ0n) is 11.6. The lowest BCUT2D eigenvalue weighted by Crippen LogP contribution is -2.38. The van der Waals surface area contributed by atoms with Crippen molar-refractivity contribution in [1.82, 2.24) is 4.72 Å². The molecule has 6 heteroatoms. The molecule has 2 rings (SSSR count). The average molecular weight is 297 g/mol. The lowest BCUT2D eigenvalue weighted by atomic mass is 10.1. The first-order chi connectivity index (χ1) is 9.28. The average Bonchev–Trinajstić information content (AvgIpc) is 3.09. The van der Waals surface area contributed by atoms with Crippen molar-refractivity contribution in [3.05, 3.63) is 29.3 Å². The minimum Gasteiger partial charge on any atom is -0.481 e. The Hall–Kier alpha value is -1.40. The van der Waals surface area contributed by atoms with E-state index in [0.29, 0.717) is 0 Å². The Balaban J connectivity index is 2.22. The van der Waals surface area contributed by atoms with E-state index in [1.54, 1.807) is 12.1 Å². The van der Waals surface area contributed by atoms with Crippen LogP contribution in [0.25, 0.3) is 0 Å². The smallest absolute Gasteiger partial charge is 0.304 e. The van der Waals surface area contributed by atoms with Gasteiger partial charge in [0.2, 0.25) is 10.0 Å². The SMILES string of the molecule is Cc1cc(C)cc(S(=O)(=O)NC(CC(=O)O)C2CC2)c1. The number of carbonyl (C=O) groups is 1. The number of aliphatic carboxylic acids is 1. The number of hydrogen-bond acceptors (Lipinski definition) is 3. The van der Waals surface area contributed by atoms with E-state index in [-0.39, 0.29) is 17.2 Å². The molecule has 1 aliphatic rings. The van der Waals surface area contributed by atoms with Gasteiger partial charge in [-0.2, -0.15) is 0 Å². The third kappa shape index (κ3) is 3.80. The maximum Gasteiger partial charge on any atom is 0.304 e. The number of rotatable bonds is 6. The van der Waals surface area contributed by atoms with Crippen molar-refractivity contribution < 1.29 is 18.3 Å². The summed E-state index contributed by atoms with van der Waals surface area (Å²) in [6.07, 6.45) is 1.59. The van der Waals surface area contributed by atoms with E-state index in [9.17, 15) is 13.2 Å². The molecule has 0 radical (unpaired) electrons. The van der Waals surface area contributed by atoms with Crippen molar-refractivity contribution in [1.29, 1.82) is 0 Å². The predicted octanol–water partition coefficient (Wildman–Crippen LogP) is 1.84. The van der Waals surface area contributed by atoms with Crippen LogP contribution in [0.1, 0.15) is 30.4 Å². The van der Waals surface area contributed by atoms with Crippen molar-refractivity contribution in [3.8, 4) is 0 Å². The van der Waals surface area contributed by atoms with Gasteiger partial charge in [0, 0.05) is 6.04 Å². The molecule has 2 N–H and O–H groups in total. The number of carboxylic acid groups (broad SMARTS) is 1. The molecule has 1 aliphatic carbocycles. The molecule has 0 aromatic heterocycles. The standard InChI is InChI=1S/C14H19NO4S/c1-9-5-10(2)7-12(6-9)20(18,19)15-13(8-14(16)17)11-3-4-11/h5-7,11,13,15H,3-4,8H2,1-2H3,(H,16,17). The normalized spacial score (nSPS) is 16.9. The van der Waals surface area contributed by atoms with Crippen LogP contribution < -0.4 is 4.72 Å². The summed E-state index contributed by atoms with van der Waals surface area (Å²) in [6.45, 7) is 3.67. The molecule has 0 bridgehead atoms. The molecule has 1 fully saturated rings. The molecule has 0 aliphatic heterocycles. The Morgan fingerprint density at radius 1 is 1.30 bits per heavy atom. The molecule has 0 heterocycles. The van der Waals surface area contributed by atoms with Crippen molar-refractivity contribution in [2.75, 3.05) is 0 Å². The highest BCUT2D eigenvalue weighted by molar-refractivity contribution is 7.89. The summed E-state index contributed by atoms with van der Waals surface area (Å²) in [4.78, 5) is 11.0. The van der Waals surface area contributed by atoms with E-state index in [4.69, 9.17) is 5.11 Å². The van der Waals surface area contributed by atoms with Crippen LogP contribution in [-0.2, 0) is 14.8 Å².